The molecule has 2 fully saturated rings. The van der Waals surface area contributed by atoms with Gasteiger partial charge in [0, 0.05) is 36.8 Å². The van der Waals surface area contributed by atoms with Crippen molar-refractivity contribution in [2.75, 3.05) is 16.8 Å². The van der Waals surface area contributed by atoms with E-state index in [0.717, 1.165) is 49.1 Å². The average molecular weight is 340 g/mol. The maximum absolute atomic E-state index is 13.0. The van der Waals surface area contributed by atoms with Crippen molar-refractivity contribution < 1.29 is 4.79 Å². The monoisotopic (exact) mass is 340 g/mol. The van der Waals surface area contributed by atoms with Gasteiger partial charge in [-0.1, -0.05) is 0 Å². The Kier molecular flexibility index (Phi) is 4.15. The number of aryl methyl sites for hydroxylation is 2. The van der Waals surface area contributed by atoms with Crippen molar-refractivity contribution in [3.05, 3.63) is 29.8 Å². The van der Waals surface area contributed by atoms with E-state index in [1.165, 1.54) is 12.8 Å². The molecule has 1 N–H and O–H groups in total. The van der Waals surface area contributed by atoms with Gasteiger partial charge in [0.1, 0.15) is 23.5 Å². The highest BCUT2D eigenvalue weighted by molar-refractivity contribution is 5.98. The molecular weight excluding hydrogens is 316 g/mol. The van der Waals surface area contributed by atoms with Crippen LogP contribution in [0.2, 0.25) is 0 Å². The fraction of sp³-hybridized carbons (Fsp3) is 0.556. The molecule has 1 aliphatic heterocycles. The predicted molar refractivity (Wildman–Crippen MR) is 95.6 cm³/mol. The molecule has 2 aromatic heterocycles. The van der Waals surface area contributed by atoms with Crippen LogP contribution in [-0.2, 0) is 11.3 Å². The van der Waals surface area contributed by atoms with E-state index in [0.29, 0.717) is 5.92 Å². The van der Waals surface area contributed by atoms with E-state index < -0.39 is 0 Å². The molecule has 0 bridgehead atoms. The van der Waals surface area contributed by atoms with Crippen LogP contribution < -0.4 is 10.2 Å². The van der Waals surface area contributed by atoms with Crippen LogP contribution in [0.5, 0.6) is 0 Å². The third-order valence-electron chi connectivity index (χ3n) is 4.84. The van der Waals surface area contributed by atoms with Crippen molar-refractivity contribution in [1.29, 1.82) is 0 Å². The van der Waals surface area contributed by atoms with Gasteiger partial charge >= 0.3 is 0 Å². The van der Waals surface area contributed by atoms with E-state index in [4.69, 9.17) is 0 Å². The number of piperidine rings is 1. The van der Waals surface area contributed by atoms with E-state index in [1.54, 1.807) is 6.20 Å². The summed E-state index contributed by atoms with van der Waals surface area (Å²) >= 11 is 0. The molecule has 3 heterocycles. The first-order valence-electron chi connectivity index (χ1n) is 9.11. The fourth-order valence-corrected chi connectivity index (χ4v) is 3.40. The Morgan fingerprint density at radius 1 is 1.28 bits per heavy atom. The lowest BCUT2D eigenvalue weighted by Gasteiger charge is -2.32. The smallest absolute Gasteiger partial charge is 0.250 e. The second-order valence-electron chi connectivity index (χ2n) is 6.86. The molecule has 0 spiro atoms. The Bertz CT molecular complexity index is 782. The number of hydrogen-bond donors (Lipinski definition) is 1. The zero-order valence-electron chi connectivity index (χ0n) is 14.8. The van der Waals surface area contributed by atoms with Gasteiger partial charge in [-0.25, -0.2) is 14.6 Å². The quantitative estimate of drug-likeness (QED) is 0.905. The topological polar surface area (TPSA) is 75.9 Å². The Hall–Kier alpha value is -2.44. The third kappa shape index (κ3) is 3.23. The number of rotatable bonds is 5. The van der Waals surface area contributed by atoms with Gasteiger partial charge < -0.3 is 5.32 Å². The lowest BCUT2D eigenvalue weighted by atomic mass is 10.0. The minimum Gasteiger partial charge on any atom is -0.358 e. The van der Waals surface area contributed by atoms with E-state index >= 15 is 0 Å². The largest absolute Gasteiger partial charge is 0.358 e. The summed E-state index contributed by atoms with van der Waals surface area (Å²) < 4.78 is 1.86. The van der Waals surface area contributed by atoms with Crippen LogP contribution in [0.1, 0.15) is 50.0 Å². The van der Waals surface area contributed by atoms with E-state index in [1.807, 2.05) is 35.6 Å². The van der Waals surface area contributed by atoms with Gasteiger partial charge in [0.25, 0.3) is 5.91 Å². The molecule has 4 rings (SSSR count). The van der Waals surface area contributed by atoms with Crippen LogP contribution in [-0.4, -0.2) is 38.2 Å². The van der Waals surface area contributed by atoms with Gasteiger partial charge in [0.05, 0.1) is 6.20 Å². The second-order valence-corrected chi connectivity index (χ2v) is 6.86. The standard InChI is InChI=1S/C18H24N6O/c1-3-24-16(8-9-19-24)23-10-4-5-14(18(23)25)21-15-11-12(2)20-17(22-15)13-6-7-13/h8-9,11,13-14H,3-7,10H2,1-2H3,(H,20,21,22). The molecular formula is C18H24N6O. The highest BCUT2D eigenvalue weighted by atomic mass is 16.2. The summed E-state index contributed by atoms with van der Waals surface area (Å²) in [4.78, 5) is 24.0. The van der Waals surface area contributed by atoms with Crippen molar-refractivity contribution in [1.82, 2.24) is 19.7 Å². The number of hydrogen-bond acceptors (Lipinski definition) is 5. The summed E-state index contributed by atoms with van der Waals surface area (Å²) in [7, 11) is 0. The SMILES string of the molecule is CCn1nccc1N1CCCC(Nc2cc(C)nc(C3CC3)n2)C1=O. The number of carbonyl (C=O) groups excluding carboxylic acids is 1. The number of aromatic nitrogens is 4. The maximum atomic E-state index is 13.0. The lowest BCUT2D eigenvalue weighted by Crippen LogP contribution is -2.48. The highest BCUT2D eigenvalue weighted by Gasteiger charge is 2.32. The molecule has 1 amide bonds. The van der Waals surface area contributed by atoms with Crippen molar-refractivity contribution in [2.45, 2.75) is 58.0 Å². The normalized spacial score (nSPS) is 20.8. The second kappa shape index (κ2) is 6.46. The molecule has 0 aromatic carbocycles. The molecule has 7 heteroatoms. The molecule has 7 nitrogen and oxygen atoms in total. The van der Waals surface area contributed by atoms with Crippen LogP contribution in [0.25, 0.3) is 0 Å². The van der Waals surface area contributed by atoms with Crippen molar-refractivity contribution in [2.24, 2.45) is 0 Å². The molecule has 132 valence electrons. The molecule has 2 aliphatic rings. The first kappa shape index (κ1) is 16.1. The molecule has 1 aliphatic carbocycles. The maximum Gasteiger partial charge on any atom is 0.250 e. The van der Waals surface area contributed by atoms with Crippen molar-refractivity contribution in [3.63, 3.8) is 0 Å². The minimum absolute atomic E-state index is 0.0886. The zero-order chi connectivity index (χ0) is 17.4. The number of nitrogens with one attached hydrogen (secondary N) is 1. The summed E-state index contributed by atoms with van der Waals surface area (Å²) in [5, 5.41) is 7.64. The highest BCUT2D eigenvalue weighted by Crippen LogP contribution is 2.38. The summed E-state index contributed by atoms with van der Waals surface area (Å²) in [6, 6.07) is 3.58. The average Bonchev–Trinajstić information content (AvgIpc) is 3.34. The summed E-state index contributed by atoms with van der Waals surface area (Å²) in [5.74, 6) is 3.13. The van der Waals surface area contributed by atoms with Gasteiger partial charge in [-0.2, -0.15) is 5.10 Å². The minimum atomic E-state index is -0.254. The molecule has 1 saturated carbocycles. The molecule has 1 atom stereocenters. The summed E-state index contributed by atoms with van der Waals surface area (Å²) in [5.41, 5.74) is 0.948. The van der Waals surface area contributed by atoms with E-state index in [9.17, 15) is 4.79 Å². The predicted octanol–water partition coefficient (Wildman–Crippen LogP) is 2.49. The number of amides is 1. The van der Waals surface area contributed by atoms with Crippen LogP contribution in [0, 0.1) is 6.92 Å². The van der Waals surface area contributed by atoms with Gasteiger partial charge in [-0.15, -0.1) is 0 Å². The summed E-state index contributed by atoms with van der Waals surface area (Å²) in [6.07, 6.45) is 5.86. The molecule has 2 aromatic rings. The molecule has 1 saturated heterocycles. The van der Waals surface area contributed by atoms with Gasteiger partial charge in [0.15, 0.2) is 0 Å². The van der Waals surface area contributed by atoms with E-state index in [-0.39, 0.29) is 11.9 Å². The molecule has 0 radical (unpaired) electrons. The van der Waals surface area contributed by atoms with E-state index in [2.05, 4.69) is 20.4 Å². The lowest BCUT2D eigenvalue weighted by molar-refractivity contribution is -0.120. The van der Waals surface area contributed by atoms with Gasteiger partial charge in [-0.05, 0) is 39.5 Å². The Labute approximate surface area is 147 Å². The molecule has 25 heavy (non-hydrogen) atoms. The Balaban J connectivity index is 1.53. The molecule has 1 unspecified atom stereocenters. The van der Waals surface area contributed by atoms with Crippen molar-refractivity contribution >= 4 is 17.5 Å². The summed E-state index contributed by atoms with van der Waals surface area (Å²) in [6.45, 7) is 5.50. The first-order valence-corrected chi connectivity index (χ1v) is 9.11. The number of anilines is 2. The number of nitrogens with zero attached hydrogens (tertiary/aromatic N) is 5. The third-order valence-corrected chi connectivity index (χ3v) is 4.84. The Morgan fingerprint density at radius 2 is 2.12 bits per heavy atom. The fourth-order valence-electron chi connectivity index (χ4n) is 3.40. The first-order chi connectivity index (χ1) is 12.2. The number of carbonyl (C=O) groups is 1. The van der Waals surface area contributed by atoms with Crippen LogP contribution in [0.4, 0.5) is 11.6 Å². The van der Waals surface area contributed by atoms with Gasteiger partial charge in [-0.3, -0.25) is 9.69 Å². The van der Waals surface area contributed by atoms with Crippen LogP contribution in [0.15, 0.2) is 18.3 Å². The van der Waals surface area contributed by atoms with Crippen molar-refractivity contribution in [3.8, 4) is 0 Å². The van der Waals surface area contributed by atoms with Crippen LogP contribution >= 0.6 is 0 Å². The van der Waals surface area contributed by atoms with Crippen LogP contribution in [0.3, 0.4) is 0 Å². The Morgan fingerprint density at radius 3 is 2.88 bits per heavy atom. The zero-order valence-corrected chi connectivity index (χ0v) is 14.8. The van der Waals surface area contributed by atoms with Gasteiger partial charge in [0.2, 0.25) is 0 Å².